The molecule has 0 bridgehead atoms. The second-order valence-corrected chi connectivity index (χ2v) is 10.1. The average Bonchev–Trinajstić information content (AvgIpc) is 2.96. The van der Waals surface area contributed by atoms with Crippen molar-refractivity contribution in [2.45, 2.75) is 25.9 Å². The molecule has 2 aromatic heterocycles. The molecule has 4 aromatic carbocycles. The summed E-state index contributed by atoms with van der Waals surface area (Å²) in [4.78, 5) is 0. The zero-order valence-corrected chi connectivity index (χ0v) is 20.1. The lowest BCUT2D eigenvalue weighted by Gasteiger charge is -2.26. The summed E-state index contributed by atoms with van der Waals surface area (Å²) in [5.74, 6) is 0. The van der Waals surface area contributed by atoms with Crippen molar-refractivity contribution in [1.82, 2.24) is 0 Å². The van der Waals surface area contributed by atoms with Gasteiger partial charge in [-0.3, -0.25) is 0 Å². The number of aromatic nitrogens is 2. The SMILES string of the molecule is c1ccc(-c2cc3c(c4c2CC[n+]2ccc5ccccc5c2-4)-c2c4ccccc4cc[n+]2CC3)cc1. The predicted octanol–water partition coefficient (Wildman–Crippen LogP) is 6.68. The molecule has 0 fully saturated rings. The van der Waals surface area contributed by atoms with Crippen molar-refractivity contribution in [3.05, 3.63) is 121 Å². The Morgan fingerprint density at radius 3 is 1.81 bits per heavy atom. The van der Waals surface area contributed by atoms with Crippen LogP contribution in [0.15, 0.2) is 109 Å². The number of hydrogen-bond donors (Lipinski definition) is 0. The second-order valence-electron chi connectivity index (χ2n) is 10.1. The van der Waals surface area contributed by atoms with Crippen LogP contribution < -0.4 is 9.13 Å². The summed E-state index contributed by atoms with van der Waals surface area (Å²) in [6, 6.07) is 35.8. The number of nitrogens with zero attached hydrogens (tertiary/aromatic N) is 2. The van der Waals surface area contributed by atoms with E-state index in [0.717, 1.165) is 25.9 Å². The number of hydrogen-bond acceptors (Lipinski definition) is 0. The molecule has 0 radical (unpaired) electrons. The molecule has 8 rings (SSSR count). The summed E-state index contributed by atoms with van der Waals surface area (Å²) in [7, 11) is 0. The molecule has 2 heteroatoms. The fourth-order valence-corrected chi connectivity index (χ4v) is 6.56. The van der Waals surface area contributed by atoms with Crippen molar-refractivity contribution in [2.75, 3.05) is 0 Å². The van der Waals surface area contributed by atoms with Crippen LogP contribution in [0.25, 0.3) is 55.2 Å². The van der Waals surface area contributed by atoms with Gasteiger partial charge in [0.15, 0.2) is 25.5 Å². The molecule has 0 unspecified atom stereocenters. The van der Waals surface area contributed by atoms with Crippen LogP contribution in [0.5, 0.6) is 0 Å². The zero-order valence-electron chi connectivity index (χ0n) is 20.1. The number of aryl methyl sites for hydroxylation is 3. The standard InChI is InChI=1S/C34H26N2/c1-2-8-23(9-3-1)30-22-26-16-20-35-18-14-24-10-4-6-12-27(24)33(35)31(26)32-29(30)17-21-36-19-15-25-11-5-7-13-28(25)34(32)36/h1-15,18-19,22H,16-17,20-21H2/q+2. The molecule has 6 aromatic rings. The molecule has 0 N–H and O–H groups in total. The van der Waals surface area contributed by atoms with E-state index in [0.29, 0.717) is 0 Å². The van der Waals surface area contributed by atoms with Gasteiger partial charge in [0, 0.05) is 25.0 Å². The summed E-state index contributed by atoms with van der Waals surface area (Å²) in [5, 5.41) is 5.29. The number of benzene rings is 4. The highest BCUT2D eigenvalue weighted by Gasteiger charge is 2.37. The van der Waals surface area contributed by atoms with Crippen LogP contribution in [0.1, 0.15) is 11.1 Å². The predicted molar refractivity (Wildman–Crippen MR) is 146 cm³/mol. The fourth-order valence-electron chi connectivity index (χ4n) is 6.56. The normalized spacial score (nSPS) is 13.7. The Hall–Kier alpha value is -4.30. The van der Waals surface area contributed by atoms with Crippen LogP contribution in [-0.4, -0.2) is 0 Å². The molecule has 0 atom stereocenters. The minimum Gasteiger partial charge on any atom is -0.197 e. The highest BCUT2D eigenvalue weighted by atomic mass is 15.0. The zero-order chi connectivity index (χ0) is 23.6. The first-order valence-electron chi connectivity index (χ1n) is 12.9. The van der Waals surface area contributed by atoms with Gasteiger partial charge in [-0.2, -0.15) is 9.13 Å². The van der Waals surface area contributed by atoms with Gasteiger partial charge < -0.3 is 0 Å². The van der Waals surface area contributed by atoms with Crippen LogP contribution >= 0.6 is 0 Å². The molecule has 2 aliphatic heterocycles. The van der Waals surface area contributed by atoms with E-state index in [1.54, 1.807) is 0 Å². The first-order valence-corrected chi connectivity index (χ1v) is 12.9. The molecule has 0 saturated carbocycles. The van der Waals surface area contributed by atoms with Crippen molar-refractivity contribution < 1.29 is 9.13 Å². The minimum atomic E-state index is 1.00. The van der Waals surface area contributed by atoms with E-state index in [4.69, 9.17) is 0 Å². The molecule has 0 spiro atoms. The smallest absolute Gasteiger partial charge is 0.197 e. The lowest BCUT2D eigenvalue weighted by Crippen LogP contribution is -2.43. The van der Waals surface area contributed by atoms with Crippen LogP contribution in [0.3, 0.4) is 0 Å². The maximum Gasteiger partial charge on any atom is 0.221 e. The van der Waals surface area contributed by atoms with Gasteiger partial charge in [-0.1, -0.05) is 66.7 Å². The summed E-state index contributed by atoms with van der Waals surface area (Å²) >= 11 is 0. The molecule has 36 heavy (non-hydrogen) atoms. The molecule has 2 nitrogen and oxygen atoms in total. The number of fused-ring (bicyclic) bond motifs is 11. The van der Waals surface area contributed by atoms with Gasteiger partial charge in [0.25, 0.3) is 0 Å². The van der Waals surface area contributed by atoms with E-state index >= 15 is 0 Å². The third kappa shape index (κ3) is 2.79. The highest BCUT2D eigenvalue weighted by molar-refractivity contribution is 6.04. The van der Waals surface area contributed by atoms with E-state index in [1.807, 2.05) is 0 Å². The van der Waals surface area contributed by atoms with Gasteiger partial charge in [0.1, 0.15) is 0 Å². The summed E-state index contributed by atoms with van der Waals surface area (Å²) in [6.07, 6.45) is 6.66. The van der Waals surface area contributed by atoms with Crippen LogP contribution in [-0.2, 0) is 25.9 Å². The molecular formula is C34H26N2+2. The Balaban J connectivity index is 1.58. The second kappa shape index (κ2) is 7.60. The lowest BCUT2D eigenvalue weighted by atomic mass is 9.79. The molecule has 0 aliphatic carbocycles. The van der Waals surface area contributed by atoms with Gasteiger partial charge in [-0.15, -0.1) is 0 Å². The maximum atomic E-state index is 2.51. The van der Waals surface area contributed by atoms with Gasteiger partial charge in [0.2, 0.25) is 11.4 Å². The van der Waals surface area contributed by atoms with Crippen LogP contribution in [0.4, 0.5) is 0 Å². The Kier molecular flexibility index (Phi) is 4.21. The fraction of sp³-hybridized carbons (Fsp3) is 0.118. The van der Waals surface area contributed by atoms with Gasteiger partial charge >= 0.3 is 0 Å². The lowest BCUT2D eigenvalue weighted by molar-refractivity contribution is -0.688. The van der Waals surface area contributed by atoms with Crippen LogP contribution in [0.2, 0.25) is 0 Å². The van der Waals surface area contributed by atoms with E-state index < -0.39 is 0 Å². The topological polar surface area (TPSA) is 7.76 Å². The van der Waals surface area contributed by atoms with Crippen molar-refractivity contribution in [3.8, 4) is 33.6 Å². The first-order chi connectivity index (χ1) is 17.9. The molecular weight excluding hydrogens is 436 g/mol. The van der Waals surface area contributed by atoms with Gasteiger partial charge in [-0.05, 0) is 51.2 Å². The largest absolute Gasteiger partial charge is 0.221 e. The first kappa shape index (κ1) is 19.9. The number of pyridine rings is 2. The Morgan fingerprint density at radius 2 is 1.11 bits per heavy atom. The highest BCUT2D eigenvalue weighted by Crippen LogP contribution is 2.46. The third-order valence-corrected chi connectivity index (χ3v) is 8.17. The molecule has 0 amide bonds. The summed E-state index contributed by atoms with van der Waals surface area (Å²) in [6.45, 7) is 2.01. The molecule has 0 saturated heterocycles. The Labute approximate surface area is 210 Å². The quantitative estimate of drug-likeness (QED) is 0.241. The van der Waals surface area contributed by atoms with E-state index in [2.05, 4.69) is 119 Å². The molecule has 2 aliphatic rings. The van der Waals surface area contributed by atoms with E-state index in [9.17, 15) is 0 Å². The van der Waals surface area contributed by atoms with Gasteiger partial charge in [0.05, 0.1) is 21.9 Å². The van der Waals surface area contributed by atoms with E-state index in [1.165, 1.54) is 66.3 Å². The van der Waals surface area contributed by atoms with Gasteiger partial charge in [-0.25, -0.2) is 0 Å². The van der Waals surface area contributed by atoms with Crippen molar-refractivity contribution in [3.63, 3.8) is 0 Å². The van der Waals surface area contributed by atoms with Crippen LogP contribution in [0, 0.1) is 0 Å². The van der Waals surface area contributed by atoms with Crippen molar-refractivity contribution >= 4 is 21.5 Å². The van der Waals surface area contributed by atoms with Crippen molar-refractivity contribution in [1.29, 1.82) is 0 Å². The maximum absolute atomic E-state index is 2.51. The van der Waals surface area contributed by atoms with Crippen molar-refractivity contribution in [2.24, 2.45) is 0 Å². The molecule has 170 valence electrons. The number of rotatable bonds is 1. The third-order valence-electron chi connectivity index (χ3n) is 8.17. The average molecular weight is 463 g/mol. The Morgan fingerprint density at radius 1 is 0.528 bits per heavy atom. The van der Waals surface area contributed by atoms with E-state index in [-0.39, 0.29) is 0 Å². The summed E-state index contributed by atoms with van der Waals surface area (Å²) in [5.41, 5.74) is 11.3. The monoisotopic (exact) mass is 462 g/mol. The molecule has 4 heterocycles. The summed E-state index contributed by atoms with van der Waals surface area (Å²) < 4.78 is 4.97. The minimum absolute atomic E-state index is 1.00. The Bertz CT molecular complexity index is 1830.